The van der Waals surface area contributed by atoms with Crippen LogP contribution >= 0.6 is 11.3 Å². The molecule has 2 aromatic carbocycles. The largest absolute Gasteiger partial charge is 0.493 e. The number of nitrogens with zero attached hydrogens (tertiary/aromatic N) is 1. The summed E-state index contributed by atoms with van der Waals surface area (Å²) in [7, 11) is 4.57. The van der Waals surface area contributed by atoms with Crippen LogP contribution in [0, 0.1) is 0 Å². The number of ether oxygens (including phenoxy) is 3. The molecule has 0 radical (unpaired) electrons. The van der Waals surface area contributed by atoms with E-state index in [2.05, 4.69) is 24.1 Å². The Balaban J connectivity index is 0.000000884. The first-order valence-corrected chi connectivity index (χ1v) is 11.1. The summed E-state index contributed by atoms with van der Waals surface area (Å²) < 4.78 is 15.9. The van der Waals surface area contributed by atoms with Crippen LogP contribution in [-0.4, -0.2) is 32.2 Å². The molecule has 0 atom stereocenters. The Morgan fingerprint density at radius 2 is 1.52 bits per heavy atom. The van der Waals surface area contributed by atoms with Crippen LogP contribution in [0.25, 0.3) is 10.6 Å². The van der Waals surface area contributed by atoms with Gasteiger partial charge in [0.15, 0.2) is 11.5 Å². The molecule has 0 aliphatic heterocycles. The molecule has 6 nitrogen and oxygen atoms in total. The summed E-state index contributed by atoms with van der Waals surface area (Å²) in [6.07, 6.45) is 1.25. The molecule has 1 N–H and O–H groups in total. The van der Waals surface area contributed by atoms with Crippen molar-refractivity contribution < 1.29 is 19.0 Å². The Kier molecular flexibility index (Phi) is 11.8. The minimum absolute atomic E-state index is 0.308. The van der Waals surface area contributed by atoms with Gasteiger partial charge in [0, 0.05) is 28.8 Å². The molecule has 0 unspecified atom stereocenters. The van der Waals surface area contributed by atoms with Crippen LogP contribution in [-0.2, 0) is 0 Å². The fourth-order valence-electron chi connectivity index (χ4n) is 2.44. The molecular weight excluding hydrogens is 412 g/mol. The Hall–Kier alpha value is -3.06. The van der Waals surface area contributed by atoms with Crippen molar-refractivity contribution in [2.75, 3.05) is 26.6 Å². The van der Waals surface area contributed by atoms with Crippen molar-refractivity contribution in [3.05, 3.63) is 53.5 Å². The third kappa shape index (κ3) is 7.29. The van der Waals surface area contributed by atoms with Crippen LogP contribution in [0.1, 0.15) is 44.6 Å². The zero-order chi connectivity index (χ0) is 23.2. The molecule has 0 aliphatic carbocycles. The van der Waals surface area contributed by atoms with E-state index >= 15 is 0 Å². The molecule has 1 amide bonds. The first-order chi connectivity index (χ1) is 15.1. The number of thiazole rings is 1. The van der Waals surface area contributed by atoms with Gasteiger partial charge in [0.1, 0.15) is 10.7 Å². The second kappa shape index (κ2) is 14.0. The second-order valence-electron chi connectivity index (χ2n) is 5.98. The maximum atomic E-state index is 12.5. The van der Waals surface area contributed by atoms with Crippen LogP contribution in [0.3, 0.4) is 0 Å². The number of anilines is 1. The zero-order valence-electron chi connectivity index (χ0n) is 19.3. The highest BCUT2D eigenvalue weighted by atomic mass is 32.1. The first-order valence-electron chi connectivity index (χ1n) is 10.2. The van der Waals surface area contributed by atoms with E-state index < -0.39 is 0 Å². The highest BCUT2D eigenvalue weighted by Crippen LogP contribution is 2.40. The van der Waals surface area contributed by atoms with Crippen LogP contribution in [0.15, 0.2) is 47.8 Å². The van der Waals surface area contributed by atoms with E-state index in [1.165, 1.54) is 39.1 Å². The molecule has 168 valence electrons. The lowest BCUT2D eigenvalue weighted by molar-refractivity contribution is 0.102. The molecule has 0 fully saturated rings. The number of aromatic nitrogens is 1. The van der Waals surface area contributed by atoms with Crippen LogP contribution in [0.2, 0.25) is 0 Å². The van der Waals surface area contributed by atoms with Gasteiger partial charge in [-0.15, -0.1) is 11.3 Å². The lowest BCUT2D eigenvalue weighted by atomic mass is 10.2. The molecule has 1 heterocycles. The lowest BCUT2D eigenvalue weighted by Crippen LogP contribution is -2.12. The average Bonchev–Trinajstić information content (AvgIpc) is 3.31. The van der Waals surface area contributed by atoms with Gasteiger partial charge in [0.25, 0.3) is 5.91 Å². The van der Waals surface area contributed by atoms with Crippen molar-refractivity contribution in [1.29, 1.82) is 0 Å². The summed E-state index contributed by atoms with van der Waals surface area (Å²) >= 11 is 1.42. The Labute approximate surface area is 189 Å². The van der Waals surface area contributed by atoms with Gasteiger partial charge in [-0.3, -0.25) is 4.79 Å². The minimum atomic E-state index is -0.308. The van der Waals surface area contributed by atoms with Crippen molar-refractivity contribution in [3.8, 4) is 27.8 Å². The Morgan fingerprint density at radius 3 is 2.00 bits per heavy atom. The molecular formula is C24H32N2O4S. The van der Waals surface area contributed by atoms with Crippen molar-refractivity contribution in [2.45, 2.75) is 34.1 Å². The summed E-state index contributed by atoms with van der Waals surface area (Å²) in [4.78, 5) is 16.9. The van der Waals surface area contributed by atoms with Crippen LogP contribution in [0.4, 0.5) is 5.69 Å². The standard InChI is InChI=1S/C19H18N2O4S.C3H8.C2H6/c1-23-15-9-13(10-16(24-2)17(15)25-3)20-18(22)14-11-26-19(21-14)12-7-5-4-6-8-12;1-3-2;1-2/h4-11H,1-3H3,(H,20,22);3H2,1-2H3;1-2H3. The summed E-state index contributed by atoms with van der Waals surface area (Å²) in [5.41, 5.74) is 1.85. The molecule has 0 bridgehead atoms. The van der Waals surface area contributed by atoms with E-state index in [0.717, 1.165) is 10.6 Å². The van der Waals surface area contributed by atoms with Crippen molar-refractivity contribution in [2.24, 2.45) is 0 Å². The van der Waals surface area contributed by atoms with Crippen molar-refractivity contribution in [3.63, 3.8) is 0 Å². The van der Waals surface area contributed by atoms with Gasteiger partial charge in [-0.1, -0.05) is 64.4 Å². The van der Waals surface area contributed by atoms with Gasteiger partial charge in [0.05, 0.1) is 21.3 Å². The van der Waals surface area contributed by atoms with E-state index in [-0.39, 0.29) is 5.91 Å². The van der Waals surface area contributed by atoms with Crippen molar-refractivity contribution >= 4 is 22.9 Å². The monoisotopic (exact) mass is 444 g/mol. The quantitative estimate of drug-likeness (QED) is 0.468. The lowest BCUT2D eigenvalue weighted by Gasteiger charge is -2.14. The summed E-state index contributed by atoms with van der Waals surface area (Å²) in [5, 5.41) is 5.34. The molecule has 0 saturated heterocycles. The maximum Gasteiger partial charge on any atom is 0.275 e. The highest BCUT2D eigenvalue weighted by molar-refractivity contribution is 7.13. The molecule has 0 spiro atoms. The molecule has 0 aliphatic rings. The zero-order valence-corrected chi connectivity index (χ0v) is 20.1. The van der Waals surface area contributed by atoms with Gasteiger partial charge >= 0.3 is 0 Å². The number of carbonyl (C=O) groups excluding carboxylic acids is 1. The topological polar surface area (TPSA) is 69.7 Å². The summed E-state index contributed by atoms with van der Waals surface area (Å²) in [5.74, 6) is 1.08. The first kappa shape index (κ1) is 26.0. The molecule has 0 saturated carbocycles. The SMILES string of the molecule is CC.CCC.COc1cc(NC(=O)c2csc(-c3ccccc3)n2)cc(OC)c1OC. The number of hydrogen-bond donors (Lipinski definition) is 1. The van der Waals surface area contributed by atoms with E-state index in [1.807, 2.05) is 44.2 Å². The summed E-state index contributed by atoms with van der Waals surface area (Å²) in [6, 6.07) is 13.1. The number of carbonyl (C=O) groups is 1. The van der Waals surface area contributed by atoms with E-state index in [1.54, 1.807) is 17.5 Å². The van der Waals surface area contributed by atoms with Crippen LogP contribution in [0.5, 0.6) is 17.2 Å². The molecule has 31 heavy (non-hydrogen) atoms. The normalized spacial score (nSPS) is 9.39. The number of nitrogens with one attached hydrogen (secondary N) is 1. The second-order valence-corrected chi connectivity index (χ2v) is 6.84. The fraction of sp³-hybridized carbons (Fsp3) is 0.333. The number of hydrogen-bond acceptors (Lipinski definition) is 6. The van der Waals surface area contributed by atoms with Crippen molar-refractivity contribution in [1.82, 2.24) is 4.98 Å². The smallest absolute Gasteiger partial charge is 0.275 e. The predicted molar refractivity (Wildman–Crippen MR) is 129 cm³/mol. The number of methoxy groups -OCH3 is 3. The molecule has 7 heteroatoms. The third-order valence-electron chi connectivity index (χ3n) is 3.68. The van der Waals surface area contributed by atoms with Gasteiger partial charge in [0.2, 0.25) is 5.75 Å². The third-order valence-corrected chi connectivity index (χ3v) is 4.57. The maximum absolute atomic E-state index is 12.5. The number of amides is 1. The van der Waals surface area contributed by atoms with Gasteiger partial charge < -0.3 is 19.5 Å². The Bertz CT molecular complexity index is 901. The van der Waals surface area contributed by atoms with Gasteiger partial charge in [-0.05, 0) is 0 Å². The van der Waals surface area contributed by atoms with Gasteiger partial charge in [-0.25, -0.2) is 4.98 Å². The fourth-order valence-corrected chi connectivity index (χ4v) is 3.25. The molecule has 3 rings (SSSR count). The number of benzene rings is 2. The average molecular weight is 445 g/mol. The van der Waals surface area contributed by atoms with Crippen LogP contribution < -0.4 is 19.5 Å². The predicted octanol–water partition coefficient (Wildman–Crippen LogP) is 6.53. The minimum Gasteiger partial charge on any atom is -0.493 e. The Morgan fingerprint density at radius 1 is 0.968 bits per heavy atom. The highest BCUT2D eigenvalue weighted by Gasteiger charge is 2.16. The molecule has 1 aromatic heterocycles. The number of rotatable bonds is 6. The summed E-state index contributed by atoms with van der Waals surface area (Å²) in [6.45, 7) is 8.25. The van der Waals surface area contributed by atoms with Gasteiger partial charge in [-0.2, -0.15) is 0 Å². The van der Waals surface area contributed by atoms with E-state index in [0.29, 0.717) is 28.6 Å². The molecule has 3 aromatic rings. The van der Waals surface area contributed by atoms with E-state index in [4.69, 9.17) is 14.2 Å². The van der Waals surface area contributed by atoms with E-state index in [9.17, 15) is 4.79 Å².